The molecule has 1 heteroatoms. The van der Waals surface area contributed by atoms with E-state index in [1.165, 1.54) is 29.4 Å². The molecule has 1 fully saturated rings. The van der Waals surface area contributed by atoms with E-state index < -0.39 is 0 Å². The highest BCUT2D eigenvalue weighted by Gasteiger charge is 2.20. The smallest absolute Gasteiger partial charge is 0.0352 e. The monoisotopic (exact) mass is 431 g/mol. The molecule has 4 aromatic rings. The summed E-state index contributed by atoms with van der Waals surface area (Å²) in [6.45, 7) is 11.1. The fraction of sp³-hybridized carbons (Fsp3) is 0.219. The van der Waals surface area contributed by atoms with Gasteiger partial charge in [0.05, 0.1) is 0 Å². The second kappa shape index (κ2) is 10.4. The number of hydrogen-bond donors (Lipinski definition) is 0. The highest BCUT2D eigenvalue weighted by molar-refractivity contribution is 5.96. The molecule has 1 aromatic heterocycles. The Labute approximate surface area is 198 Å². The van der Waals surface area contributed by atoms with Crippen LogP contribution in [0.4, 0.5) is 0 Å². The van der Waals surface area contributed by atoms with Gasteiger partial charge in [-0.05, 0) is 58.0 Å². The predicted molar refractivity (Wildman–Crippen MR) is 144 cm³/mol. The molecule has 33 heavy (non-hydrogen) atoms. The van der Waals surface area contributed by atoms with Crippen molar-refractivity contribution < 1.29 is 0 Å². The maximum absolute atomic E-state index is 4.43. The van der Waals surface area contributed by atoms with Crippen molar-refractivity contribution in [2.24, 2.45) is 11.8 Å². The highest BCUT2D eigenvalue weighted by atomic mass is 14.6. The summed E-state index contributed by atoms with van der Waals surface area (Å²) in [5.41, 5.74) is 6.86. The average molecular weight is 432 g/mol. The van der Waals surface area contributed by atoms with Gasteiger partial charge in [-0.1, -0.05) is 112 Å². The zero-order chi connectivity index (χ0) is 23.2. The van der Waals surface area contributed by atoms with Crippen molar-refractivity contribution >= 4 is 22.4 Å². The molecule has 1 nitrogen and oxygen atoms in total. The summed E-state index contributed by atoms with van der Waals surface area (Å²) in [5, 5.41) is 2.37. The van der Waals surface area contributed by atoms with E-state index in [4.69, 9.17) is 0 Å². The molecule has 0 spiro atoms. The van der Waals surface area contributed by atoms with Gasteiger partial charge < -0.3 is 0 Å². The fourth-order valence-electron chi connectivity index (χ4n) is 4.17. The van der Waals surface area contributed by atoms with Crippen LogP contribution in [-0.2, 0) is 0 Å². The summed E-state index contributed by atoms with van der Waals surface area (Å²) in [4.78, 5) is 4.43. The lowest BCUT2D eigenvalue weighted by molar-refractivity contribution is 0.219. The molecule has 1 aliphatic carbocycles. The van der Waals surface area contributed by atoms with E-state index in [-0.39, 0.29) is 0 Å². The van der Waals surface area contributed by atoms with E-state index in [1.54, 1.807) is 0 Å². The Kier molecular flexibility index (Phi) is 7.19. The molecule has 166 valence electrons. The van der Waals surface area contributed by atoms with Crippen molar-refractivity contribution in [3.05, 3.63) is 115 Å². The molecule has 1 heterocycles. The summed E-state index contributed by atoms with van der Waals surface area (Å²) in [6.07, 6.45) is 11.0. The Morgan fingerprint density at radius 2 is 1.58 bits per heavy atom. The first-order chi connectivity index (χ1) is 16.0. The summed E-state index contributed by atoms with van der Waals surface area (Å²) >= 11 is 0. The van der Waals surface area contributed by atoms with Gasteiger partial charge in [0.25, 0.3) is 0 Å². The zero-order valence-electron chi connectivity index (χ0n) is 20.0. The minimum atomic E-state index is 1.01. The molecule has 3 aromatic carbocycles. The van der Waals surface area contributed by atoms with Crippen LogP contribution in [0.5, 0.6) is 0 Å². The van der Waals surface area contributed by atoms with Crippen molar-refractivity contribution in [2.45, 2.75) is 33.6 Å². The number of hydrogen-bond acceptors (Lipinski definition) is 1. The third-order valence-corrected chi connectivity index (χ3v) is 6.89. The first-order valence-electron chi connectivity index (χ1n) is 11.9. The molecule has 1 saturated carbocycles. The van der Waals surface area contributed by atoms with Crippen LogP contribution in [0.2, 0.25) is 0 Å². The van der Waals surface area contributed by atoms with Gasteiger partial charge in [-0.2, -0.15) is 0 Å². The van der Waals surface area contributed by atoms with E-state index in [0.29, 0.717) is 0 Å². The minimum Gasteiger partial charge on any atom is -0.263 e. The standard InChI is InChI=1S/C26H21N.C6H12/c1-19(12-14-21-8-4-3-5-9-21)25-16-22(15-13-20(25)2)26-18-27-17-23-10-6-7-11-24(23)26;1-5-3-4-6(5)2/h3-18H,1H2,2H3;5-6H,3-4H2,1-2H3/b14-12+;. The van der Waals surface area contributed by atoms with E-state index >= 15 is 0 Å². The maximum atomic E-state index is 4.43. The average Bonchev–Trinajstić information content (AvgIpc) is 2.87. The maximum Gasteiger partial charge on any atom is 0.0352 e. The summed E-state index contributed by atoms with van der Waals surface area (Å²) in [6, 6.07) is 25.2. The number of rotatable bonds is 4. The van der Waals surface area contributed by atoms with Crippen LogP contribution in [-0.4, -0.2) is 4.98 Å². The van der Waals surface area contributed by atoms with Crippen LogP contribution in [0.1, 0.15) is 43.4 Å². The third kappa shape index (κ3) is 5.49. The quantitative estimate of drug-likeness (QED) is 0.294. The molecule has 2 unspecified atom stereocenters. The summed E-state index contributed by atoms with van der Waals surface area (Å²) in [7, 11) is 0. The summed E-state index contributed by atoms with van der Waals surface area (Å²) < 4.78 is 0. The molecule has 1 aliphatic rings. The van der Waals surface area contributed by atoms with Crippen LogP contribution in [0, 0.1) is 18.8 Å². The number of pyridine rings is 1. The van der Waals surface area contributed by atoms with Crippen LogP contribution < -0.4 is 0 Å². The van der Waals surface area contributed by atoms with E-state index in [2.05, 4.69) is 93.0 Å². The largest absolute Gasteiger partial charge is 0.263 e. The molecule has 5 rings (SSSR count). The Bertz CT molecular complexity index is 1250. The van der Waals surface area contributed by atoms with Gasteiger partial charge in [0.2, 0.25) is 0 Å². The van der Waals surface area contributed by atoms with Gasteiger partial charge in [-0.25, -0.2) is 0 Å². The Morgan fingerprint density at radius 3 is 2.27 bits per heavy atom. The molecule has 2 atom stereocenters. The number of aryl methyl sites for hydroxylation is 1. The molecule has 0 saturated heterocycles. The van der Waals surface area contributed by atoms with Crippen molar-refractivity contribution in [3.63, 3.8) is 0 Å². The lowest BCUT2D eigenvalue weighted by atomic mass is 9.77. The van der Waals surface area contributed by atoms with Crippen molar-refractivity contribution in [1.29, 1.82) is 0 Å². The van der Waals surface area contributed by atoms with E-state index in [0.717, 1.165) is 39.5 Å². The number of fused-ring (bicyclic) bond motifs is 1. The van der Waals surface area contributed by atoms with Gasteiger partial charge in [0, 0.05) is 23.3 Å². The number of allylic oxidation sites excluding steroid dienone is 2. The predicted octanol–water partition coefficient (Wildman–Crippen LogP) is 8.99. The van der Waals surface area contributed by atoms with E-state index in [1.807, 2.05) is 36.7 Å². The molecular formula is C32H33N. The minimum absolute atomic E-state index is 1.01. The second-order valence-electron chi connectivity index (χ2n) is 9.24. The van der Waals surface area contributed by atoms with Gasteiger partial charge in [0.15, 0.2) is 0 Å². The Balaban J connectivity index is 0.000000376. The number of aromatic nitrogens is 1. The molecule has 0 radical (unpaired) electrons. The van der Waals surface area contributed by atoms with Crippen LogP contribution in [0.15, 0.2) is 97.8 Å². The normalized spacial score (nSPS) is 17.3. The van der Waals surface area contributed by atoms with Crippen molar-refractivity contribution in [1.82, 2.24) is 4.98 Å². The zero-order valence-corrected chi connectivity index (χ0v) is 20.0. The van der Waals surface area contributed by atoms with E-state index in [9.17, 15) is 0 Å². The van der Waals surface area contributed by atoms with Crippen LogP contribution in [0.3, 0.4) is 0 Å². The van der Waals surface area contributed by atoms with Crippen LogP contribution in [0.25, 0.3) is 33.5 Å². The lowest BCUT2D eigenvalue weighted by Crippen LogP contribution is -2.18. The second-order valence-corrected chi connectivity index (χ2v) is 9.24. The Morgan fingerprint density at radius 1 is 0.879 bits per heavy atom. The molecular weight excluding hydrogens is 398 g/mol. The number of nitrogens with zero attached hydrogens (tertiary/aromatic N) is 1. The van der Waals surface area contributed by atoms with Crippen molar-refractivity contribution in [3.8, 4) is 11.1 Å². The van der Waals surface area contributed by atoms with Crippen LogP contribution >= 0.6 is 0 Å². The fourth-order valence-corrected chi connectivity index (χ4v) is 4.17. The molecule has 0 N–H and O–H groups in total. The third-order valence-electron chi connectivity index (χ3n) is 6.89. The topological polar surface area (TPSA) is 12.9 Å². The highest BCUT2D eigenvalue weighted by Crippen LogP contribution is 2.32. The van der Waals surface area contributed by atoms with Gasteiger partial charge in [0.1, 0.15) is 0 Å². The lowest BCUT2D eigenvalue weighted by Gasteiger charge is -2.29. The van der Waals surface area contributed by atoms with Gasteiger partial charge >= 0.3 is 0 Å². The number of benzene rings is 3. The summed E-state index contributed by atoms with van der Waals surface area (Å²) in [5.74, 6) is 2.06. The van der Waals surface area contributed by atoms with Gasteiger partial charge in [-0.15, -0.1) is 0 Å². The molecule has 0 amide bonds. The first kappa shape index (κ1) is 22.7. The Hall–Kier alpha value is -3.45. The SMILES string of the molecule is C=C(/C=C/c1ccccc1)c1cc(-c2cncc3ccccc23)ccc1C.CC1CCC1C. The molecule has 0 bridgehead atoms. The first-order valence-corrected chi connectivity index (χ1v) is 11.9. The molecule has 0 aliphatic heterocycles. The van der Waals surface area contributed by atoms with Crippen molar-refractivity contribution in [2.75, 3.05) is 0 Å². The van der Waals surface area contributed by atoms with Gasteiger partial charge in [-0.3, -0.25) is 4.98 Å².